The van der Waals surface area contributed by atoms with E-state index >= 15 is 0 Å². The van der Waals surface area contributed by atoms with Crippen LogP contribution in [0.2, 0.25) is 0 Å². The summed E-state index contributed by atoms with van der Waals surface area (Å²) in [6, 6.07) is 2.71. The third kappa shape index (κ3) is 5.16. The topological polar surface area (TPSA) is 3.24 Å². The smallest absolute Gasteiger partial charge is 0.0237 e. The molecule has 4 aliphatic heterocycles. The summed E-state index contributed by atoms with van der Waals surface area (Å²) in [5, 5.41) is 8.04. The maximum atomic E-state index is 3.56. The summed E-state index contributed by atoms with van der Waals surface area (Å²) >= 11 is 10.4. The molecule has 0 aromatic heterocycles. The Bertz CT molecular complexity index is 1100. The fourth-order valence-electron chi connectivity index (χ4n) is 15.8. The second-order valence-corrected chi connectivity index (χ2v) is 24.8. The zero-order chi connectivity index (χ0) is 30.6. The highest BCUT2D eigenvalue weighted by Gasteiger charge is 2.62. The minimum absolute atomic E-state index is 0.901. The first kappa shape index (κ1) is 31.8. The van der Waals surface area contributed by atoms with E-state index in [1.165, 1.54) is 19.3 Å². The van der Waals surface area contributed by atoms with Gasteiger partial charge in [-0.25, -0.2) is 0 Å². The van der Waals surface area contributed by atoms with Gasteiger partial charge in [0.25, 0.3) is 0 Å². The molecule has 0 amide bonds. The van der Waals surface area contributed by atoms with Crippen LogP contribution in [0.5, 0.6) is 0 Å². The first-order valence-electron chi connectivity index (χ1n) is 21.7. The van der Waals surface area contributed by atoms with Crippen LogP contribution >= 0.6 is 47.0 Å². The molecule has 19 unspecified atom stereocenters. The zero-order valence-electron chi connectivity index (χ0n) is 29.3. The van der Waals surface area contributed by atoms with Gasteiger partial charge in [-0.2, -0.15) is 47.0 Å². The van der Waals surface area contributed by atoms with Crippen molar-refractivity contribution >= 4 is 47.0 Å². The van der Waals surface area contributed by atoms with Crippen molar-refractivity contribution in [3.8, 4) is 0 Å². The van der Waals surface area contributed by atoms with Crippen molar-refractivity contribution in [3.63, 3.8) is 0 Å². The number of rotatable bonds is 3. The Labute approximate surface area is 305 Å². The Morgan fingerprint density at radius 1 is 0.277 bits per heavy atom. The quantitative estimate of drug-likeness (QED) is 0.286. The lowest BCUT2D eigenvalue weighted by Crippen LogP contribution is -2.63. The second-order valence-electron chi connectivity index (χ2n) is 19.2. The summed E-state index contributed by atoms with van der Waals surface area (Å²) in [6.45, 7) is 0. The van der Waals surface area contributed by atoms with Crippen molar-refractivity contribution < 1.29 is 0 Å². The van der Waals surface area contributed by atoms with Gasteiger partial charge in [0, 0.05) is 60.1 Å². The molecule has 5 heteroatoms. The lowest BCUT2D eigenvalue weighted by molar-refractivity contribution is -0.00630. The zero-order valence-corrected chi connectivity index (χ0v) is 32.6. The standard InChI is InChI=1S/C42H65NS4/c1-4-19-34-24(10-1)26-13-7-16-31(39(26)45-34)43(32-17-8-14-27-25-11-2-5-20-35(25)46-40(27)32)33-18-9-15-28-29-22-23-37-38(42(29)47-41(28)33)30-12-3-6-21-36(30)44-37/h24-42H,1-23H2. The van der Waals surface area contributed by atoms with Crippen LogP contribution in [0.25, 0.3) is 0 Å². The number of hydrogen-bond donors (Lipinski definition) is 0. The van der Waals surface area contributed by atoms with Crippen molar-refractivity contribution in [1.29, 1.82) is 0 Å². The normalized spacial score (nSPS) is 58.0. The fourth-order valence-corrected chi connectivity index (χ4v) is 25.0. The van der Waals surface area contributed by atoms with Crippen LogP contribution in [0.15, 0.2) is 0 Å². The fraction of sp³-hybridized carbons (Fsp3) is 1.00. The summed E-state index contributed by atoms with van der Waals surface area (Å²) in [5.41, 5.74) is 0. The van der Waals surface area contributed by atoms with Crippen LogP contribution in [-0.2, 0) is 0 Å². The van der Waals surface area contributed by atoms with E-state index in [1.54, 1.807) is 128 Å². The molecule has 0 N–H and O–H groups in total. The van der Waals surface area contributed by atoms with Gasteiger partial charge in [0.15, 0.2) is 0 Å². The van der Waals surface area contributed by atoms with E-state index < -0.39 is 0 Å². The Hall–Kier alpha value is 1.36. The van der Waals surface area contributed by atoms with Gasteiger partial charge >= 0.3 is 0 Å². The van der Waals surface area contributed by atoms with Gasteiger partial charge in [-0.15, -0.1) is 0 Å². The molecule has 11 aliphatic rings. The highest BCUT2D eigenvalue weighted by molar-refractivity contribution is 8.02. The Balaban J connectivity index is 0.947. The molecule has 19 atom stereocenters. The minimum Gasteiger partial charge on any atom is -0.291 e. The predicted octanol–water partition coefficient (Wildman–Crippen LogP) is 11.3. The van der Waals surface area contributed by atoms with Crippen LogP contribution in [-0.4, -0.2) is 65.0 Å². The van der Waals surface area contributed by atoms with Gasteiger partial charge in [0.1, 0.15) is 0 Å². The summed E-state index contributed by atoms with van der Waals surface area (Å²) in [5.74, 6) is 8.56. The van der Waals surface area contributed by atoms with Crippen molar-refractivity contribution in [2.24, 2.45) is 47.3 Å². The maximum absolute atomic E-state index is 3.56. The third-order valence-electron chi connectivity index (χ3n) is 17.4. The summed E-state index contributed by atoms with van der Waals surface area (Å²) in [7, 11) is 0. The molecular formula is C42H65NS4. The first-order chi connectivity index (χ1) is 23.3. The predicted molar refractivity (Wildman–Crippen MR) is 208 cm³/mol. The van der Waals surface area contributed by atoms with Crippen LogP contribution in [0.1, 0.15) is 148 Å². The number of fused-ring (bicyclic) bond motifs is 13. The molecule has 11 rings (SSSR count). The first-order valence-corrected chi connectivity index (χ1v) is 25.5. The molecule has 0 aromatic carbocycles. The van der Waals surface area contributed by atoms with E-state index in [0.717, 1.165) is 107 Å². The Morgan fingerprint density at radius 2 is 0.702 bits per heavy atom. The third-order valence-corrected chi connectivity index (χ3v) is 25.0. The van der Waals surface area contributed by atoms with E-state index in [2.05, 4.69) is 51.9 Å². The highest BCUT2D eigenvalue weighted by Crippen LogP contribution is 2.66. The highest BCUT2D eigenvalue weighted by atomic mass is 32.2. The van der Waals surface area contributed by atoms with Crippen molar-refractivity contribution in [3.05, 3.63) is 0 Å². The van der Waals surface area contributed by atoms with Crippen LogP contribution in [0, 0.1) is 47.3 Å². The molecule has 47 heavy (non-hydrogen) atoms. The van der Waals surface area contributed by atoms with Crippen molar-refractivity contribution in [1.82, 2.24) is 4.90 Å². The van der Waals surface area contributed by atoms with Crippen LogP contribution in [0.3, 0.4) is 0 Å². The average molecular weight is 712 g/mol. The van der Waals surface area contributed by atoms with E-state index in [9.17, 15) is 0 Å². The largest absolute Gasteiger partial charge is 0.291 e. The van der Waals surface area contributed by atoms with Gasteiger partial charge in [-0.1, -0.05) is 57.8 Å². The molecule has 7 aliphatic carbocycles. The Kier molecular flexibility index (Phi) is 8.83. The molecule has 11 fully saturated rings. The molecule has 0 aromatic rings. The van der Waals surface area contributed by atoms with Gasteiger partial charge in [-0.05, 0) is 137 Å². The molecule has 4 saturated heterocycles. The molecule has 262 valence electrons. The molecule has 1 nitrogen and oxygen atoms in total. The summed E-state index contributed by atoms with van der Waals surface area (Å²) in [6.07, 6.45) is 35.9. The average Bonchev–Trinajstić information content (AvgIpc) is 3.88. The molecule has 4 heterocycles. The van der Waals surface area contributed by atoms with Gasteiger partial charge in [0.05, 0.1) is 0 Å². The van der Waals surface area contributed by atoms with Crippen molar-refractivity contribution in [2.45, 2.75) is 208 Å². The minimum atomic E-state index is 0.901. The molecule has 0 radical (unpaired) electrons. The molecule has 0 spiro atoms. The lowest BCUT2D eigenvalue weighted by Gasteiger charge is -2.55. The maximum Gasteiger partial charge on any atom is 0.0237 e. The molecule has 7 saturated carbocycles. The number of thioether (sulfide) groups is 4. The van der Waals surface area contributed by atoms with Gasteiger partial charge in [-0.3, -0.25) is 4.90 Å². The Morgan fingerprint density at radius 3 is 1.28 bits per heavy atom. The molecule has 0 bridgehead atoms. The SMILES string of the molecule is C1CCC2C(C1)SC1C2CCCC1N(C1CCCC2C3CCCCC3SC21)C1CCCC2C3CCC4SC5CCCCC5C4C3SC21. The number of nitrogens with zero attached hydrogens (tertiary/aromatic N) is 1. The lowest BCUT2D eigenvalue weighted by atomic mass is 9.64. The van der Waals surface area contributed by atoms with Crippen LogP contribution in [0.4, 0.5) is 0 Å². The van der Waals surface area contributed by atoms with E-state index in [1.807, 2.05) is 0 Å². The summed E-state index contributed by atoms with van der Waals surface area (Å²) < 4.78 is 0. The van der Waals surface area contributed by atoms with Gasteiger partial charge in [0.2, 0.25) is 0 Å². The van der Waals surface area contributed by atoms with Crippen LogP contribution < -0.4 is 0 Å². The van der Waals surface area contributed by atoms with E-state index in [4.69, 9.17) is 0 Å². The number of hydrogen-bond acceptors (Lipinski definition) is 5. The summed E-state index contributed by atoms with van der Waals surface area (Å²) in [4.78, 5) is 3.56. The van der Waals surface area contributed by atoms with Crippen molar-refractivity contribution in [2.75, 3.05) is 0 Å². The molecular weight excluding hydrogens is 647 g/mol. The second kappa shape index (κ2) is 13.0. The van der Waals surface area contributed by atoms with E-state index in [-0.39, 0.29) is 0 Å². The van der Waals surface area contributed by atoms with E-state index in [0.29, 0.717) is 0 Å². The van der Waals surface area contributed by atoms with Gasteiger partial charge < -0.3 is 0 Å². The monoisotopic (exact) mass is 711 g/mol.